The molecule has 2 aromatic carbocycles. The molecular formula is C25H24N4O4. The lowest BCUT2D eigenvalue weighted by Gasteiger charge is -2.20. The Hall–Kier alpha value is -4.38. The maximum absolute atomic E-state index is 13.1. The third kappa shape index (κ3) is 4.77. The molecule has 0 saturated carbocycles. The van der Waals surface area contributed by atoms with Crippen molar-refractivity contribution < 1.29 is 14.6 Å². The van der Waals surface area contributed by atoms with Gasteiger partial charge in [-0.15, -0.1) is 0 Å². The number of carboxylic acids is 1. The fraction of sp³-hybridized carbons (Fsp3) is 0.200. The first-order valence-electron chi connectivity index (χ1n) is 10.4. The normalized spacial score (nSPS) is 10.7. The van der Waals surface area contributed by atoms with E-state index in [0.29, 0.717) is 5.75 Å². The summed E-state index contributed by atoms with van der Waals surface area (Å²) in [5.74, 6) is -1.03. The lowest BCUT2D eigenvalue weighted by atomic mass is 10.1. The van der Waals surface area contributed by atoms with Crippen molar-refractivity contribution in [3.05, 3.63) is 81.3 Å². The largest absolute Gasteiger partial charge is 0.494 e. The van der Waals surface area contributed by atoms with Gasteiger partial charge in [-0.05, 0) is 43.7 Å². The number of ether oxygens (including phenoxy) is 1. The lowest BCUT2D eigenvalue weighted by Crippen LogP contribution is -2.28. The van der Waals surface area contributed by atoms with Gasteiger partial charge in [0, 0.05) is 24.3 Å². The van der Waals surface area contributed by atoms with Crippen LogP contribution in [0.5, 0.6) is 5.75 Å². The summed E-state index contributed by atoms with van der Waals surface area (Å²) >= 11 is 0. The molecule has 0 bridgehead atoms. The second kappa shape index (κ2) is 10.3. The molecule has 0 aliphatic heterocycles. The second-order valence-electron chi connectivity index (χ2n) is 7.04. The SMILES string of the molecule is CCN(CC)c1ccc(/C=C\c2c(C(=O)O)nn(-c3ccccc3OC)c(=O)c2C#N)cc1. The summed E-state index contributed by atoms with van der Waals surface area (Å²) in [6, 6.07) is 16.1. The second-order valence-corrected chi connectivity index (χ2v) is 7.04. The van der Waals surface area contributed by atoms with Crippen molar-refractivity contribution in [2.24, 2.45) is 0 Å². The zero-order chi connectivity index (χ0) is 24.0. The molecule has 1 aromatic heterocycles. The number of carboxylic acid groups (broad SMARTS) is 1. The number of hydrogen-bond acceptors (Lipinski definition) is 6. The van der Waals surface area contributed by atoms with Crippen LogP contribution in [0.15, 0.2) is 53.3 Å². The van der Waals surface area contributed by atoms with Crippen LogP contribution < -0.4 is 15.2 Å². The molecule has 0 atom stereocenters. The minimum absolute atomic E-state index is 0.0473. The van der Waals surface area contributed by atoms with Gasteiger partial charge in [-0.1, -0.05) is 36.4 Å². The quantitative estimate of drug-likeness (QED) is 0.562. The Morgan fingerprint density at radius 3 is 2.39 bits per heavy atom. The molecule has 1 N–H and O–H groups in total. The van der Waals surface area contributed by atoms with Crippen LogP contribution in [-0.4, -0.2) is 41.1 Å². The van der Waals surface area contributed by atoms with Crippen molar-refractivity contribution in [2.45, 2.75) is 13.8 Å². The summed E-state index contributed by atoms with van der Waals surface area (Å²) in [6.45, 7) is 5.92. The Morgan fingerprint density at radius 1 is 1.15 bits per heavy atom. The molecule has 0 saturated heterocycles. The number of rotatable bonds is 8. The molecule has 1 heterocycles. The molecule has 0 aliphatic carbocycles. The van der Waals surface area contributed by atoms with Gasteiger partial charge < -0.3 is 14.7 Å². The third-order valence-corrected chi connectivity index (χ3v) is 5.22. The predicted octanol–water partition coefficient (Wildman–Crippen LogP) is 3.83. The molecule has 8 heteroatoms. The zero-order valence-corrected chi connectivity index (χ0v) is 18.6. The van der Waals surface area contributed by atoms with Gasteiger partial charge in [0.05, 0.1) is 7.11 Å². The molecule has 3 rings (SSSR count). The van der Waals surface area contributed by atoms with Gasteiger partial charge in [-0.25, -0.2) is 4.79 Å². The van der Waals surface area contributed by atoms with Crippen molar-refractivity contribution in [1.82, 2.24) is 9.78 Å². The third-order valence-electron chi connectivity index (χ3n) is 5.22. The number of para-hydroxylation sites is 2. The number of nitrogens with zero attached hydrogens (tertiary/aromatic N) is 4. The summed E-state index contributed by atoms with van der Waals surface area (Å²) < 4.78 is 6.15. The van der Waals surface area contributed by atoms with E-state index in [1.54, 1.807) is 30.3 Å². The Labute approximate surface area is 191 Å². The molecular weight excluding hydrogens is 420 g/mol. The van der Waals surface area contributed by atoms with Gasteiger partial charge in [0.15, 0.2) is 5.69 Å². The Balaban J connectivity index is 2.11. The summed E-state index contributed by atoms with van der Waals surface area (Å²) in [7, 11) is 1.43. The minimum Gasteiger partial charge on any atom is -0.494 e. The molecule has 3 aromatic rings. The molecule has 0 unspecified atom stereocenters. The maximum atomic E-state index is 13.1. The summed E-state index contributed by atoms with van der Waals surface area (Å²) in [4.78, 5) is 27.2. The van der Waals surface area contributed by atoms with Crippen molar-refractivity contribution >= 4 is 23.8 Å². The fourth-order valence-corrected chi connectivity index (χ4v) is 3.50. The highest BCUT2D eigenvalue weighted by Gasteiger charge is 2.22. The van der Waals surface area contributed by atoms with E-state index < -0.39 is 17.2 Å². The summed E-state index contributed by atoms with van der Waals surface area (Å²) in [5.41, 5.74) is 0.601. The van der Waals surface area contributed by atoms with Crippen LogP contribution in [-0.2, 0) is 0 Å². The Kier molecular flexibility index (Phi) is 7.26. The average Bonchev–Trinajstić information content (AvgIpc) is 2.84. The van der Waals surface area contributed by atoms with Crippen LogP contribution in [0.4, 0.5) is 5.69 Å². The van der Waals surface area contributed by atoms with Crippen LogP contribution in [0, 0.1) is 11.3 Å². The van der Waals surface area contributed by atoms with Crippen LogP contribution >= 0.6 is 0 Å². The van der Waals surface area contributed by atoms with Crippen molar-refractivity contribution in [2.75, 3.05) is 25.1 Å². The number of anilines is 1. The van der Waals surface area contributed by atoms with Crippen molar-refractivity contribution in [3.8, 4) is 17.5 Å². The van der Waals surface area contributed by atoms with E-state index in [0.717, 1.165) is 29.0 Å². The lowest BCUT2D eigenvalue weighted by molar-refractivity contribution is 0.0688. The van der Waals surface area contributed by atoms with E-state index in [1.165, 1.54) is 13.2 Å². The van der Waals surface area contributed by atoms with Crippen LogP contribution in [0.2, 0.25) is 0 Å². The number of carbonyl (C=O) groups is 1. The predicted molar refractivity (Wildman–Crippen MR) is 127 cm³/mol. The van der Waals surface area contributed by atoms with Gasteiger partial charge in [-0.3, -0.25) is 4.79 Å². The Bertz CT molecular complexity index is 1280. The molecule has 168 valence electrons. The van der Waals surface area contributed by atoms with Crippen LogP contribution in [0.3, 0.4) is 0 Å². The summed E-state index contributed by atoms with van der Waals surface area (Å²) in [5, 5.41) is 23.5. The van der Waals surface area contributed by atoms with Crippen LogP contribution in [0.1, 0.15) is 41.0 Å². The molecule has 0 radical (unpaired) electrons. The molecule has 0 amide bonds. The monoisotopic (exact) mass is 444 g/mol. The molecule has 8 nitrogen and oxygen atoms in total. The molecule has 33 heavy (non-hydrogen) atoms. The number of aromatic carboxylic acids is 1. The fourth-order valence-electron chi connectivity index (χ4n) is 3.50. The van der Waals surface area contributed by atoms with E-state index in [4.69, 9.17) is 4.74 Å². The van der Waals surface area contributed by atoms with Gasteiger partial charge in [-0.2, -0.15) is 15.0 Å². The zero-order valence-electron chi connectivity index (χ0n) is 18.6. The highest BCUT2D eigenvalue weighted by atomic mass is 16.5. The van der Waals surface area contributed by atoms with Crippen molar-refractivity contribution in [1.29, 1.82) is 5.26 Å². The van der Waals surface area contributed by atoms with E-state index in [-0.39, 0.29) is 16.8 Å². The van der Waals surface area contributed by atoms with Gasteiger partial charge >= 0.3 is 5.97 Å². The summed E-state index contributed by atoms with van der Waals surface area (Å²) in [6.07, 6.45) is 3.10. The Morgan fingerprint density at radius 2 is 1.82 bits per heavy atom. The van der Waals surface area contributed by atoms with Crippen LogP contribution in [0.25, 0.3) is 17.8 Å². The first-order valence-corrected chi connectivity index (χ1v) is 10.4. The first-order chi connectivity index (χ1) is 15.9. The standard InChI is InChI=1S/C25H24N4O4/c1-4-28(5-2)18-13-10-17(11-14-18)12-15-19-20(16-26)24(30)29(27-23(19)25(31)32)21-8-6-7-9-22(21)33-3/h6-15H,4-5H2,1-3H3,(H,31,32)/b15-12-. The van der Waals surface area contributed by atoms with E-state index in [1.807, 2.05) is 30.3 Å². The van der Waals surface area contributed by atoms with E-state index in [9.17, 15) is 20.0 Å². The number of benzene rings is 2. The minimum atomic E-state index is -1.35. The van der Waals surface area contributed by atoms with E-state index >= 15 is 0 Å². The topological polar surface area (TPSA) is 108 Å². The van der Waals surface area contributed by atoms with Crippen molar-refractivity contribution in [3.63, 3.8) is 0 Å². The highest BCUT2D eigenvalue weighted by molar-refractivity contribution is 5.92. The van der Waals surface area contributed by atoms with E-state index in [2.05, 4.69) is 23.8 Å². The van der Waals surface area contributed by atoms with Gasteiger partial charge in [0.1, 0.15) is 23.1 Å². The highest BCUT2D eigenvalue weighted by Crippen LogP contribution is 2.22. The van der Waals surface area contributed by atoms with Gasteiger partial charge in [0.2, 0.25) is 0 Å². The molecule has 0 aliphatic rings. The average molecular weight is 444 g/mol. The van der Waals surface area contributed by atoms with Gasteiger partial charge in [0.25, 0.3) is 5.56 Å². The smallest absolute Gasteiger partial charge is 0.357 e. The molecule has 0 spiro atoms. The number of nitriles is 1. The first kappa shape index (κ1) is 23.3. The number of methoxy groups -OCH3 is 1. The maximum Gasteiger partial charge on any atom is 0.357 e. The number of aromatic nitrogens is 2. The number of hydrogen-bond donors (Lipinski definition) is 1. The molecule has 0 fully saturated rings.